The van der Waals surface area contributed by atoms with Crippen molar-refractivity contribution in [3.8, 4) is 45.0 Å². The third kappa shape index (κ3) is 5.46. The molecule has 0 saturated heterocycles. The predicted molar refractivity (Wildman–Crippen MR) is 231 cm³/mol. The van der Waals surface area contributed by atoms with Crippen LogP contribution in [0.1, 0.15) is 18.0 Å². The van der Waals surface area contributed by atoms with Gasteiger partial charge in [0.15, 0.2) is 5.82 Å². The van der Waals surface area contributed by atoms with Crippen molar-refractivity contribution in [3.63, 3.8) is 0 Å². The van der Waals surface area contributed by atoms with Crippen molar-refractivity contribution in [1.82, 2.24) is 14.5 Å². The van der Waals surface area contributed by atoms with Crippen LogP contribution in [-0.2, 0) is 0 Å². The molecule has 10 aromatic rings. The number of allylic oxidation sites excluding steroid dienone is 4. The number of aromatic nitrogens is 3. The minimum atomic E-state index is 0.256. The first-order chi connectivity index (χ1) is 27.7. The van der Waals surface area contributed by atoms with Gasteiger partial charge in [-0.3, -0.25) is 0 Å². The monoisotopic (exact) mass is 717 g/mol. The SMILES string of the molecule is C1=CC(n2c3ccccc3c3ccccc32)CC=C1c1ccc(-c2cc(-c3ccc(-c4cccc5c4oc4ccccc45)cc3)nc(-c3ccccc3)n2)cc1. The van der Waals surface area contributed by atoms with Gasteiger partial charge in [-0.2, -0.15) is 0 Å². The van der Waals surface area contributed by atoms with Gasteiger partial charge in [-0.25, -0.2) is 9.97 Å². The molecule has 0 N–H and O–H groups in total. The molecule has 7 aromatic carbocycles. The second-order valence-corrected chi connectivity index (χ2v) is 14.5. The number of hydrogen-bond acceptors (Lipinski definition) is 3. The van der Waals surface area contributed by atoms with Crippen molar-refractivity contribution < 1.29 is 4.42 Å². The summed E-state index contributed by atoms with van der Waals surface area (Å²) in [6.07, 6.45) is 7.94. The molecule has 1 atom stereocenters. The first-order valence-corrected chi connectivity index (χ1v) is 19.2. The van der Waals surface area contributed by atoms with Crippen LogP contribution in [0.5, 0.6) is 0 Å². The topological polar surface area (TPSA) is 43.9 Å². The zero-order chi connectivity index (χ0) is 37.0. The largest absolute Gasteiger partial charge is 0.455 e. The standard InChI is InChI=1S/C52H35N3O/c1-2-11-39(12-3-1)52-53-46(33-47(54-52)38-27-23-36(24-28-38)41-16-10-17-45-44-15-6-9-20-50(44)56-51(41)45)37-25-21-34(22-26-37)35-29-31-40(32-30-35)55-48-18-7-4-13-42(48)43-14-5-8-19-49(43)55/h1-31,33,40H,32H2. The summed E-state index contributed by atoms with van der Waals surface area (Å²) in [4.78, 5) is 10.2. The molecule has 0 radical (unpaired) electrons. The average Bonchev–Trinajstić information content (AvgIpc) is 3.83. The molecule has 0 fully saturated rings. The normalized spacial score (nSPS) is 14.2. The van der Waals surface area contributed by atoms with Crippen LogP contribution in [0, 0.1) is 0 Å². The molecule has 3 aromatic heterocycles. The summed E-state index contributed by atoms with van der Waals surface area (Å²) >= 11 is 0. The molecular weight excluding hydrogens is 683 g/mol. The van der Waals surface area contributed by atoms with Gasteiger partial charge >= 0.3 is 0 Å². The van der Waals surface area contributed by atoms with Gasteiger partial charge in [0, 0.05) is 54.8 Å². The molecule has 4 nitrogen and oxygen atoms in total. The van der Waals surface area contributed by atoms with Crippen molar-refractivity contribution in [2.75, 3.05) is 0 Å². The van der Waals surface area contributed by atoms with Gasteiger partial charge in [0.1, 0.15) is 11.2 Å². The number of fused-ring (bicyclic) bond motifs is 6. The van der Waals surface area contributed by atoms with Gasteiger partial charge in [0.05, 0.1) is 17.4 Å². The molecule has 0 amide bonds. The smallest absolute Gasteiger partial charge is 0.160 e. The van der Waals surface area contributed by atoms with E-state index < -0.39 is 0 Å². The van der Waals surface area contributed by atoms with Crippen molar-refractivity contribution in [1.29, 1.82) is 0 Å². The average molecular weight is 718 g/mol. The first kappa shape index (κ1) is 32.2. The fourth-order valence-corrected chi connectivity index (χ4v) is 8.41. The molecule has 1 aliphatic rings. The zero-order valence-electron chi connectivity index (χ0n) is 30.5. The summed E-state index contributed by atoms with van der Waals surface area (Å²) in [5, 5.41) is 4.87. The van der Waals surface area contributed by atoms with Crippen LogP contribution in [0.4, 0.5) is 0 Å². The van der Waals surface area contributed by atoms with Crippen LogP contribution < -0.4 is 0 Å². The van der Waals surface area contributed by atoms with Crippen molar-refractivity contribution in [3.05, 3.63) is 200 Å². The Kier molecular flexibility index (Phi) is 7.59. The van der Waals surface area contributed by atoms with Crippen LogP contribution in [0.2, 0.25) is 0 Å². The fourth-order valence-electron chi connectivity index (χ4n) is 8.41. The Labute approximate surface area is 324 Å². The second kappa shape index (κ2) is 13.2. The third-order valence-electron chi connectivity index (χ3n) is 11.2. The summed E-state index contributed by atoms with van der Waals surface area (Å²) in [7, 11) is 0. The van der Waals surface area contributed by atoms with E-state index >= 15 is 0 Å². The van der Waals surface area contributed by atoms with Gasteiger partial charge in [-0.05, 0) is 47.4 Å². The van der Waals surface area contributed by atoms with Crippen LogP contribution >= 0.6 is 0 Å². The highest BCUT2D eigenvalue weighted by atomic mass is 16.3. The predicted octanol–water partition coefficient (Wildman–Crippen LogP) is 13.7. The van der Waals surface area contributed by atoms with E-state index in [1.807, 2.05) is 30.3 Å². The molecule has 0 spiro atoms. The molecule has 264 valence electrons. The van der Waals surface area contributed by atoms with Gasteiger partial charge in [0.2, 0.25) is 0 Å². The van der Waals surface area contributed by atoms with Gasteiger partial charge in [-0.15, -0.1) is 0 Å². The quantitative estimate of drug-likeness (QED) is 0.172. The van der Waals surface area contributed by atoms with E-state index in [1.165, 1.54) is 32.9 Å². The van der Waals surface area contributed by atoms with E-state index in [1.54, 1.807) is 0 Å². The van der Waals surface area contributed by atoms with E-state index in [9.17, 15) is 0 Å². The summed E-state index contributed by atoms with van der Waals surface area (Å²) in [5.74, 6) is 0.701. The van der Waals surface area contributed by atoms with Crippen LogP contribution in [0.3, 0.4) is 0 Å². The molecule has 0 bridgehead atoms. The minimum absolute atomic E-state index is 0.256. The van der Waals surface area contributed by atoms with E-state index in [0.29, 0.717) is 5.82 Å². The number of rotatable bonds is 6. The lowest BCUT2D eigenvalue weighted by Gasteiger charge is -2.21. The summed E-state index contributed by atoms with van der Waals surface area (Å²) < 4.78 is 8.84. The maximum atomic E-state index is 6.35. The molecule has 1 unspecified atom stereocenters. The van der Waals surface area contributed by atoms with Crippen LogP contribution in [0.15, 0.2) is 199 Å². The Morgan fingerprint density at radius 1 is 0.482 bits per heavy atom. The fraction of sp³-hybridized carbons (Fsp3) is 0.0385. The van der Waals surface area contributed by atoms with E-state index in [-0.39, 0.29) is 6.04 Å². The number of benzene rings is 7. The van der Waals surface area contributed by atoms with E-state index in [2.05, 4.69) is 168 Å². The number of nitrogens with zero attached hydrogens (tertiary/aromatic N) is 3. The number of para-hydroxylation sites is 4. The highest BCUT2D eigenvalue weighted by Crippen LogP contribution is 2.38. The summed E-state index contributed by atoms with van der Waals surface area (Å²) in [6, 6.07) is 62.0. The lowest BCUT2D eigenvalue weighted by Crippen LogP contribution is -2.07. The third-order valence-corrected chi connectivity index (χ3v) is 11.2. The summed E-state index contributed by atoms with van der Waals surface area (Å²) in [6.45, 7) is 0. The Hall–Kier alpha value is -7.30. The maximum absolute atomic E-state index is 6.35. The second-order valence-electron chi connectivity index (χ2n) is 14.5. The molecule has 1 aliphatic carbocycles. The molecule has 0 saturated carbocycles. The highest BCUT2D eigenvalue weighted by molar-refractivity contribution is 6.10. The summed E-state index contributed by atoms with van der Waals surface area (Å²) in [5.41, 5.74) is 13.8. The van der Waals surface area contributed by atoms with E-state index in [0.717, 1.165) is 67.6 Å². The molecule has 4 heteroatoms. The van der Waals surface area contributed by atoms with Crippen molar-refractivity contribution >= 4 is 49.3 Å². The highest BCUT2D eigenvalue weighted by Gasteiger charge is 2.19. The molecule has 56 heavy (non-hydrogen) atoms. The van der Waals surface area contributed by atoms with Crippen molar-refractivity contribution in [2.45, 2.75) is 12.5 Å². The van der Waals surface area contributed by atoms with Gasteiger partial charge in [-0.1, -0.05) is 170 Å². The van der Waals surface area contributed by atoms with Crippen molar-refractivity contribution in [2.24, 2.45) is 0 Å². The van der Waals surface area contributed by atoms with Crippen LogP contribution in [-0.4, -0.2) is 14.5 Å². The molecule has 0 aliphatic heterocycles. The number of hydrogen-bond donors (Lipinski definition) is 0. The Balaban J connectivity index is 0.905. The number of furan rings is 1. The lowest BCUT2D eigenvalue weighted by molar-refractivity contribution is 0.649. The van der Waals surface area contributed by atoms with E-state index in [4.69, 9.17) is 14.4 Å². The van der Waals surface area contributed by atoms with Crippen LogP contribution in [0.25, 0.3) is 94.3 Å². The zero-order valence-corrected chi connectivity index (χ0v) is 30.5. The van der Waals surface area contributed by atoms with Gasteiger partial charge in [0.25, 0.3) is 0 Å². The molecular formula is C52H35N3O. The first-order valence-electron chi connectivity index (χ1n) is 19.2. The Bertz CT molecular complexity index is 3090. The van der Waals surface area contributed by atoms with Gasteiger partial charge < -0.3 is 8.98 Å². The molecule has 11 rings (SSSR count). The minimum Gasteiger partial charge on any atom is -0.455 e. The Morgan fingerprint density at radius 3 is 1.71 bits per heavy atom. The lowest BCUT2D eigenvalue weighted by atomic mass is 9.95. The molecule has 3 heterocycles. The maximum Gasteiger partial charge on any atom is 0.160 e. The Morgan fingerprint density at radius 2 is 1.05 bits per heavy atom.